The second-order valence-corrected chi connectivity index (χ2v) is 7.52. The van der Waals surface area contributed by atoms with Crippen LogP contribution in [0.25, 0.3) is 0 Å². The summed E-state index contributed by atoms with van der Waals surface area (Å²) in [5, 5.41) is 13.9. The van der Waals surface area contributed by atoms with E-state index in [1.165, 1.54) is 28.6 Å². The van der Waals surface area contributed by atoms with Crippen LogP contribution in [0.5, 0.6) is 0 Å². The van der Waals surface area contributed by atoms with Crippen LogP contribution in [-0.4, -0.2) is 43.8 Å². The molecule has 2 unspecified atom stereocenters. The molecule has 2 atom stereocenters. The van der Waals surface area contributed by atoms with Crippen molar-refractivity contribution in [2.45, 2.75) is 11.3 Å². The molecule has 0 radical (unpaired) electrons. The van der Waals surface area contributed by atoms with E-state index >= 15 is 0 Å². The summed E-state index contributed by atoms with van der Waals surface area (Å²) in [4.78, 5) is 10.2. The molecule has 1 aromatic rings. The number of fused-ring (bicyclic) bond motifs is 1. The van der Waals surface area contributed by atoms with E-state index in [1.54, 1.807) is 0 Å². The second-order valence-electron chi connectivity index (χ2n) is 5.58. The molecule has 1 aromatic carbocycles. The van der Waals surface area contributed by atoms with Crippen molar-refractivity contribution < 1.29 is 13.3 Å². The Balaban J connectivity index is 1.81. The molecule has 2 saturated heterocycles. The summed E-state index contributed by atoms with van der Waals surface area (Å²) in [5.41, 5.74) is -0.104. The topological polar surface area (TPSA) is 92.5 Å². The summed E-state index contributed by atoms with van der Waals surface area (Å²) in [7, 11) is -3.56. The number of hydrogen-bond donors (Lipinski definition) is 1. The minimum atomic E-state index is -3.56. The van der Waals surface area contributed by atoms with Gasteiger partial charge in [-0.05, 0) is 43.5 Å². The van der Waals surface area contributed by atoms with Gasteiger partial charge in [0.1, 0.15) is 0 Å². The van der Waals surface area contributed by atoms with Crippen LogP contribution in [0.15, 0.2) is 29.2 Å². The van der Waals surface area contributed by atoms with Crippen LogP contribution in [0, 0.1) is 22.0 Å². The number of non-ortho nitro benzene ring substituents is 1. The minimum Gasteiger partial charge on any atom is -0.316 e. The lowest BCUT2D eigenvalue weighted by molar-refractivity contribution is -0.384. The Morgan fingerprint density at radius 2 is 1.86 bits per heavy atom. The number of nitrogens with zero attached hydrogens (tertiary/aromatic N) is 2. The van der Waals surface area contributed by atoms with Gasteiger partial charge in [-0.2, -0.15) is 4.31 Å². The molecule has 0 spiro atoms. The highest BCUT2D eigenvalue weighted by molar-refractivity contribution is 7.89. The standard InChI is InChI=1S/C13H17N3O4S/c17-16(18)12-1-3-13(4-2-12)21(19,20)15-6-5-10-7-14-8-11(10)9-15/h1-4,10-11,14H,5-9H2. The Labute approximate surface area is 123 Å². The van der Waals surface area contributed by atoms with Gasteiger partial charge >= 0.3 is 0 Å². The van der Waals surface area contributed by atoms with E-state index in [2.05, 4.69) is 5.32 Å². The fourth-order valence-corrected chi connectivity index (χ4v) is 4.62. The second kappa shape index (κ2) is 5.36. The van der Waals surface area contributed by atoms with Gasteiger partial charge in [-0.1, -0.05) is 0 Å². The number of hydrogen-bond acceptors (Lipinski definition) is 5. The van der Waals surface area contributed by atoms with Crippen molar-refractivity contribution in [3.63, 3.8) is 0 Å². The zero-order valence-electron chi connectivity index (χ0n) is 11.4. The van der Waals surface area contributed by atoms with Crippen LogP contribution < -0.4 is 5.32 Å². The van der Waals surface area contributed by atoms with Crippen molar-refractivity contribution in [1.82, 2.24) is 9.62 Å². The first-order valence-electron chi connectivity index (χ1n) is 6.94. The summed E-state index contributed by atoms with van der Waals surface area (Å²) in [5.74, 6) is 0.930. The molecule has 0 saturated carbocycles. The lowest BCUT2D eigenvalue weighted by Gasteiger charge is -2.33. The maximum Gasteiger partial charge on any atom is 0.269 e. The van der Waals surface area contributed by atoms with E-state index in [1.807, 2.05) is 0 Å². The lowest BCUT2D eigenvalue weighted by Crippen LogP contribution is -2.43. The van der Waals surface area contributed by atoms with Crippen molar-refractivity contribution in [2.24, 2.45) is 11.8 Å². The zero-order chi connectivity index (χ0) is 15.0. The van der Waals surface area contributed by atoms with Gasteiger partial charge in [-0.25, -0.2) is 8.42 Å². The van der Waals surface area contributed by atoms with Crippen molar-refractivity contribution in [2.75, 3.05) is 26.2 Å². The molecule has 3 rings (SSSR count). The normalized spacial score (nSPS) is 26.5. The number of nitrogens with one attached hydrogen (secondary N) is 1. The van der Waals surface area contributed by atoms with E-state index in [0.29, 0.717) is 24.9 Å². The molecule has 0 aromatic heterocycles. The van der Waals surface area contributed by atoms with Gasteiger partial charge in [-0.3, -0.25) is 10.1 Å². The average molecular weight is 311 g/mol. The molecular weight excluding hydrogens is 294 g/mol. The van der Waals surface area contributed by atoms with E-state index in [0.717, 1.165) is 19.5 Å². The predicted molar refractivity (Wildman–Crippen MR) is 76.3 cm³/mol. The first kappa shape index (κ1) is 14.4. The Morgan fingerprint density at radius 1 is 1.19 bits per heavy atom. The smallest absolute Gasteiger partial charge is 0.269 e. The fourth-order valence-electron chi connectivity index (χ4n) is 3.11. The summed E-state index contributed by atoms with van der Waals surface area (Å²) in [6.07, 6.45) is 0.865. The largest absolute Gasteiger partial charge is 0.316 e. The first-order chi connectivity index (χ1) is 9.98. The third kappa shape index (κ3) is 2.66. The van der Waals surface area contributed by atoms with Gasteiger partial charge in [-0.15, -0.1) is 0 Å². The highest BCUT2D eigenvalue weighted by Gasteiger charge is 2.37. The molecule has 0 amide bonds. The van der Waals surface area contributed by atoms with E-state index in [4.69, 9.17) is 0 Å². The lowest BCUT2D eigenvalue weighted by atomic mass is 9.90. The molecule has 114 valence electrons. The molecule has 0 bridgehead atoms. The van der Waals surface area contributed by atoms with Gasteiger partial charge in [0.15, 0.2) is 0 Å². The van der Waals surface area contributed by atoms with Gasteiger partial charge < -0.3 is 5.32 Å². The summed E-state index contributed by atoms with van der Waals surface area (Å²) in [6.45, 7) is 2.87. The van der Waals surface area contributed by atoms with Gasteiger partial charge in [0.25, 0.3) is 5.69 Å². The van der Waals surface area contributed by atoms with E-state index in [-0.39, 0.29) is 10.6 Å². The van der Waals surface area contributed by atoms with Crippen LogP contribution in [0.4, 0.5) is 5.69 Å². The number of benzene rings is 1. The van der Waals surface area contributed by atoms with Crippen LogP contribution in [0.1, 0.15) is 6.42 Å². The van der Waals surface area contributed by atoms with E-state index in [9.17, 15) is 18.5 Å². The highest BCUT2D eigenvalue weighted by Crippen LogP contribution is 2.30. The summed E-state index contributed by atoms with van der Waals surface area (Å²) >= 11 is 0. The summed E-state index contributed by atoms with van der Waals surface area (Å²) < 4.78 is 26.7. The molecule has 0 aliphatic carbocycles. The molecule has 2 heterocycles. The van der Waals surface area contributed by atoms with Crippen LogP contribution in [0.3, 0.4) is 0 Å². The van der Waals surface area contributed by atoms with Crippen LogP contribution >= 0.6 is 0 Å². The molecule has 21 heavy (non-hydrogen) atoms. The number of nitro groups is 1. The highest BCUT2D eigenvalue weighted by atomic mass is 32.2. The monoisotopic (exact) mass is 311 g/mol. The molecule has 2 aliphatic heterocycles. The number of nitro benzene ring substituents is 1. The minimum absolute atomic E-state index is 0.104. The van der Waals surface area contributed by atoms with Crippen molar-refractivity contribution in [3.05, 3.63) is 34.4 Å². The van der Waals surface area contributed by atoms with Gasteiger partial charge in [0.05, 0.1) is 9.82 Å². The quantitative estimate of drug-likeness (QED) is 0.659. The number of sulfonamides is 1. The zero-order valence-corrected chi connectivity index (χ0v) is 12.3. The SMILES string of the molecule is O=[N+]([O-])c1ccc(S(=O)(=O)N2CCC3CNCC3C2)cc1. The third-order valence-corrected chi connectivity index (χ3v) is 6.23. The molecule has 2 aliphatic rings. The number of piperidine rings is 1. The van der Waals surface area contributed by atoms with Crippen molar-refractivity contribution in [1.29, 1.82) is 0 Å². The summed E-state index contributed by atoms with van der Waals surface area (Å²) in [6, 6.07) is 5.09. The molecule has 7 nitrogen and oxygen atoms in total. The maximum atomic E-state index is 12.6. The van der Waals surface area contributed by atoms with Gasteiger partial charge in [0, 0.05) is 25.2 Å². The Bertz CT molecular complexity index is 644. The maximum absolute atomic E-state index is 12.6. The van der Waals surface area contributed by atoms with Crippen molar-refractivity contribution >= 4 is 15.7 Å². The Morgan fingerprint density at radius 3 is 2.52 bits per heavy atom. The van der Waals surface area contributed by atoms with E-state index < -0.39 is 14.9 Å². The predicted octanol–water partition coefficient (Wildman–Crippen LogP) is 0.825. The van der Waals surface area contributed by atoms with Gasteiger partial charge in [0.2, 0.25) is 10.0 Å². The van der Waals surface area contributed by atoms with Crippen LogP contribution in [-0.2, 0) is 10.0 Å². The first-order valence-corrected chi connectivity index (χ1v) is 8.38. The Hall–Kier alpha value is -1.51. The van der Waals surface area contributed by atoms with Crippen LogP contribution in [0.2, 0.25) is 0 Å². The fraction of sp³-hybridized carbons (Fsp3) is 0.538. The van der Waals surface area contributed by atoms with Crippen molar-refractivity contribution in [3.8, 4) is 0 Å². The number of rotatable bonds is 3. The molecule has 8 heteroatoms. The third-order valence-electron chi connectivity index (χ3n) is 4.35. The Kier molecular flexibility index (Phi) is 3.68. The average Bonchev–Trinajstić information content (AvgIpc) is 2.94. The molecular formula is C13H17N3O4S. The molecule has 2 fully saturated rings. The molecule has 1 N–H and O–H groups in total.